The average Bonchev–Trinajstić information content (AvgIpc) is 3.23. The van der Waals surface area contributed by atoms with Gasteiger partial charge < -0.3 is 4.74 Å². The smallest absolute Gasteiger partial charge is 0.122 e. The van der Waals surface area contributed by atoms with Crippen LogP contribution in [0.5, 0.6) is 5.75 Å². The molecule has 0 saturated carbocycles. The van der Waals surface area contributed by atoms with Gasteiger partial charge in [0, 0.05) is 11.0 Å². The molecule has 1 nitrogen and oxygen atoms in total. The Morgan fingerprint density at radius 2 is 1.68 bits per heavy atom. The molecular formula is C38H50OSi. The molecule has 40 heavy (non-hydrogen) atoms. The van der Waals surface area contributed by atoms with Crippen LogP contribution in [0.1, 0.15) is 80.7 Å². The first-order valence-corrected chi connectivity index (χ1v) is 18.0. The lowest BCUT2D eigenvalue weighted by Crippen LogP contribution is -2.53. The molecule has 212 valence electrons. The number of ether oxygens (including phenoxy) is 1. The summed E-state index contributed by atoms with van der Waals surface area (Å²) in [5, 5.41) is 4.36. The van der Waals surface area contributed by atoms with Crippen LogP contribution in [-0.2, 0) is 5.41 Å². The molecule has 2 aromatic carbocycles. The monoisotopic (exact) mass is 550 g/mol. The molecule has 0 aromatic heterocycles. The molecule has 0 heterocycles. The van der Waals surface area contributed by atoms with E-state index in [1.54, 1.807) is 22.3 Å². The molecule has 3 aliphatic rings. The van der Waals surface area contributed by atoms with Crippen molar-refractivity contribution in [1.29, 1.82) is 0 Å². The third kappa shape index (κ3) is 4.51. The SMILES string of the molecule is C=CCOc1c(C(C)(C)C)cccc1[Si](CC)(CC)C1C2=CC(C)(C)CCC2=C2C1=c1ccccc1=CC2(C)C. The van der Waals surface area contributed by atoms with Gasteiger partial charge in [0.1, 0.15) is 20.4 Å². The number of rotatable bonds is 7. The standard InChI is InChI=1S/C38H50OSi/c1-11-23-39-34-30(36(4,5)6)19-16-20-31(34)40(12-2,13-3)35-29-25-37(7,8)22-21-28(29)33-32(35)27-18-15-14-17-26(27)24-38(33,9)10/h11,14-20,24-25,35H,1,12-13,21-23H2,2-10H3. The second-order valence-electron chi connectivity index (χ2n) is 14.6. The Balaban J connectivity index is 1.92. The topological polar surface area (TPSA) is 9.23 Å². The van der Waals surface area contributed by atoms with Gasteiger partial charge in [0.25, 0.3) is 0 Å². The lowest BCUT2D eigenvalue weighted by atomic mass is 9.73. The number of benzene rings is 2. The van der Waals surface area contributed by atoms with Crippen molar-refractivity contribution in [1.82, 2.24) is 0 Å². The van der Waals surface area contributed by atoms with Crippen LogP contribution in [-0.4, -0.2) is 14.7 Å². The largest absolute Gasteiger partial charge is 0.489 e. The van der Waals surface area contributed by atoms with E-state index in [9.17, 15) is 0 Å². The lowest BCUT2D eigenvalue weighted by molar-refractivity contribution is 0.354. The van der Waals surface area contributed by atoms with E-state index in [0.717, 1.165) is 5.75 Å². The predicted molar refractivity (Wildman–Crippen MR) is 176 cm³/mol. The van der Waals surface area contributed by atoms with E-state index >= 15 is 0 Å². The van der Waals surface area contributed by atoms with Crippen molar-refractivity contribution < 1.29 is 4.74 Å². The molecule has 0 amide bonds. The third-order valence-electron chi connectivity index (χ3n) is 10.0. The Morgan fingerprint density at radius 3 is 2.33 bits per heavy atom. The van der Waals surface area contributed by atoms with Gasteiger partial charge in [-0.15, -0.1) is 0 Å². The summed E-state index contributed by atoms with van der Waals surface area (Å²) < 4.78 is 6.70. The average molecular weight is 551 g/mol. The molecule has 1 atom stereocenters. The lowest BCUT2D eigenvalue weighted by Gasteiger charge is -2.43. The first kappa shape index (κ1) is 28.9. The molecule has 0 fully saturated rings. The van der Waals surface area contributed by atoms with Crippen LogP contribution in [0.15, 0.2) is 77.9 Å². The molecule has 0 spiro atoms. The zero-order chi connectivity index (χ0) is 29.1. The molecular weight excluding hydrogens is 501 g/mol. The van der Waals surface area contributed by atoms with Crippen molar-refractivity contribution in [2.75, 3.05) is 6.61 Å². The molecule has 3 aliphatic carbocycles. The summed E-state index contributed by atoms with van der Waals surface area (Å²) >= 11 is 0. The highest BCUT2D eigenvalue weighted by atomic mass is 28.3. The van der Waals surface area contributed by atoms with Crippen LogP contribution < -0.4 is 20.4 Å². The number of hydrogen-bond acceptors (Lipinski definition) is 1. The van der Waals surface area contributed by atoms with Crippen LogP contribution in [0.2, 0.25) is 17.6 Å². The quantitative estimate of drug-likeness (QED) is 0.249. The molecule has 2 aromatic rings. The summed E-state index contributed by atoms with van der Waals surface area (Å²) in [5.41, 5.74) is 8.48. The van der Waals surface area contributed by atoms with Gasteiger partial charge in [-0.2, -0.15) is 0 Å². The summed E-state index contributed by atoms with van der Waals surface area (Å²) in [5.74, 6) is 1.13. The Morgan fingerprint density at radius 1 is 0.975 bits per heavy atom. The van der Waals surface area contributed by atoms with Gasteiger partial charge in [-0.25, -0.2) is 0 Å². The van der Waals surface area contributed by atoms with Crippen molar-refractivity contribution in [3.05, 3.63) is 93.9 Å². The van der Waals surface area contributed by atoms with Crippen molar-refractivity contribution in [2.45, 2.75) is 98.2 Å². The second kappa shape index (κ2) is 10.1. The Bertz CT molecular complexity index is 1520. The maximum absolute atomic E-state index is 6.70. The highest BCUT2D eigenvalue weighted by molar-refractivity contribution is 6.95. The van der Waals surface area contributed by atoms with Crippen LogP contribution in [0.3, 0.4) is 0 Å². The first-order valence-electron chi connectivity index (χ1n) is 15.5. The Kier molecular flexibility index (Phi) is 7.27. The Hall–Kier alpha value is -2.58. The molecule has 2 heteroatoms. The highest BCUT2D eigenvalue weighted by Gasteiger charge is 2.54. The van der Waals surface area contributed by atoms with E-state index in [2.05, 4.69) is 124 Å². The fourth-order valence-corrected chi connectivity index (χ4v) is 13.3. The zero-order valence-electron chi connectivity index (χ0n) is 26.5. The fourth-order valence-electron chi connectivity index (χ4n) is 8.10. The Labute approximate surface area is 244 Å². The van der Waals surface area contributed by atoms with E-state index in [0.29, 0.717) is 12.1 Å². The van der Waals surface area contributed by atoms with Gasteiger partial charge in [-0.05, 0) is 67.2 Å². The molecule has 0 bridgehead atoms. The van der Waals surface area contributed by atoms with Crippen molar-refractivity contribution in [3.63, 3.8) is 0 Å². The zero-order valence-corrected chi connectivity index (χ0v) is 27.5. The van der Waals surface area contributed by atoms with Crippen LogP contribution in [0.25, 0.3) is 11.6 Å². The van der Waals surface area contributed by atoms with Gasteiger partial charge in [-0.1, -0.05) is 142 Å². The molecule has 5 rings (SSSR count). The first-order chi connectivity index (χ1) is 18.8. The van der Waals surface area contributed by atoms with E-state index < -0.39 is 8.07 Å². The maximum atomic E-state index is 6.70. The molecule has 0 N–H and O–H groups in total. The van der Waals surface area contributed by atoms with Gasteiger partial charge in [0.05, 0.1) is 0 Å². The molecule has 0 radical (unpaired) electrons. The van der Waals surface area contributed by atoms with Crippen LogP contribution in [0.4, 0.5) is 0 Å². The summed E-state index contributed by atoms with van der Waals surface area (Å²) in [6, 6.07) is 18.6. The van der Waals surface area contributed by atoms with E-state index in [4.69, 9.17) is 4.74 Å². The van der Waals surface area contributed by atoms with Gasteiger partial charge in [-0.3, -0.25) is 0 Å². The second-order valence-corrected chi connectivity index (χ2v) is 19.5. The normalized spacial score (nSPS) is 21.2. The third-order valence-corrected chi connectivity index (χ3v) is 15.7. The summed E-state index contributed by atoms with van der Waals surface area (Å²) in [4.78, 5) is 0. The predicted octanol–water partition coefficient (Wildman–Crippen LogP) is 8.34. The van der Waals surface area contributed by atoms with Gasteiger partial charge >= 0.3 is 0 Å². The summed E-state index contributed by atoms with van der Waals surface area (Å²) in [6.45, 7) is 26.2. The van der Waals surface area contributed by atoms with Gasteiger partial charge in [0.2, 0.25) is 0 Å². The number of para-hydroxylation sites is 1. The minimum Gasteiger partial charge on any atom is -0.489 e. The van der Waals surface area contributed by atoms with Crippen LogP contribution >= 0.6 is 0 Å². The highest BCUT2D eigenvalue weighted by Crippen LogP contribution is 2.62. The minimum atomic E-state index is -2.22. The van der Waals surface area contributed by atoms with Crippen molar-refractivity contribution >= 4 is 24.9 Å². The van der Waals surface area contributed by atoms with E-state index in [1.807, 2.05) is 6.08 Å². The molecule has 0 aliphatic heterocycles. The van der Waals surface area contributed by atoms with Crippen molar-refractivity contribution in [3.8, 4) is 5.75 Å². The summed E-state index contributed by atoms with van der Waals surface area (Å²) in [6.07, 6.45) is 9.52. The molecule has 1 unspecified atom stereocenters. The summed E-state index contributed by atoms with van der Waals surface area (Å²) in [7, 11) is -2.22. The molecule has 0 saturated heterocycles. The van der Waals surface area contributed by atoms with E-state index in [1.165, 1.54) is 46.1 Å². The van der Waals surface area contributed by atoms with E-state index in [-0.39, 0.29) is 16.2 Å². The maximum Gasteiger partial charge on any atom is 0.122 e. The number of fused-ring (bicyclic) bond motifs is 3. The number of allylic oxidation sites excluding steroid dienone is 4. The van der Waals surface area contributed by atoms with Crippen LogP contribution in [0, 0.1) is 10.8 Å². The fraction of sp³-hybridized carbons (Fsp3) is 0.474. The van der Waals surface area contributed by atoms with Gasteiger partial charge in [0.15, 0.2) is 0 Å². The number of hydrogen-bond donors (Lipinski definition) is 0. The minimum absolute atomic E-state index is 0.00535. The van der Waals surface area contributed by atoms with Crippen molar-refractivity contribution in [2.24, 2.45) is 10.8 Å².